The zero-order valence-corrected chi connectivity index (χ0v) is 16.3. The number of aromatic nitrogens is 4. The van der Waals surface area contributed by atoms with E-state index >= 15 is 0 Å². The molecule has 1 aliphatic heterocycles. The fraction of sp³-hybridized carbons (Fsp3) is 0.333. The number of carbonyl (C=O) groups excluding carboxylic acids is 1. The van der Waals surface area contributed by atoms with Crippen LogP contribution in [-0.4, -0.2) is 68.8 Å². The van der Waals surface area contributed by atoms with Crippen LogP contribution in [0.4, 0.5) is 4.79 Å². The van der Waals surface area contributed by atoms with Crippen LogP contribution in [0.5, 0.6) is 0 Å². The first-order valence-electron chi connectivity index (χ1n) is 9.91. The molecule has 0 atom stereocenters. The number of benzene rings is 2. The Hall–Kier alpha value is -3.26. The highest BCUT2D eigenvalue weighted by Crippen LogP contribution is 2.11. The maximum atomic E-state index is 12.4. The van der Waals surface area contributed by atoms with E-state index in [-0.39, 0.29) is 6.03 Å². The third-order valence-electron chi connectivity index (χ3n) is 5.09. The first-order valence-corrected chi connectivity index (χ1v) is 9.91. The average Bonchev–Trinajstić information content (AvgIpc) is 3.24. The third kappa shape index (κ3) is 4.97. The van der Waals surface area contributed by atoms with Gasteiger partial charge in [-0.15, -0.1) is 5.10 Å². The smallest absolute Gasteiger partial charge is 0.317 e. The monoisotopic (exact) mass is 391 g/mol. The van der Waals surface area contributed by atoms with E-state index in [0.29, 0.717) is 26.2 Å². The van der Waals surface area contributed by atoms with Crippen molar-refractivity contribution in [3.05, 3.63) is 72.1 Å². The predicted octanol–water partition coefficient (Wildman–Crippen LogP) is 1.73. The Morgan fingerprint density at radius 3 is 2.34 bits per heavy atom. The van der Waals surface area contributed by atoms with E-state index in [1.807, 2.05) is 53.4 Å². The molecule has 0 bridgehead atoms. The fourth-order valence-electron chi connectivity index (χ4n) is 3.45. The Morgan fingerprint density at radius 1 is 0.931 bits per heavy atom. The van der Waals surface area contributed by atoms with Gasteiger partial charge >= 0.3 is 6.03 Å². The van der Waals surface area contributed by atoms with E-state index in [9.17, 15) is 4.79 Å². The number of hydrogen-bond acceptors (Lipinski definition) is 5. The van der Waals surface area contributed by atoms with Gasteiger partial charge < -0.3 is 10.2 Å². The summed E-state index contributed by atoms with van der Waals surface area (Å²) >= 11 is 0. The van der Waals surface area contributed by atoms with Crippen molar-refractivity contribution in [1.29, 1.82) is 0 Å². The maximum absolute atomic E-state index is 12.4. The molecule has 8 heteroatoms. The zero-order valence-electron chi connectivity index (χ0n) is 16.3. The van der Waals surface area contributed by atoms with Gasteiger partial charge in [-0.2, -0.15) is 4.68 Å². The lowest BCUT2D eigenvalue weighted by Gasteiger charge is -2.34. The molecule has 2 aromatic carbocycles. The molecule has 0 spiro atoms. The molecule has 4 rings (SSSR count). The number of nitrogens with zero attached hydrogens (tertiary/aromatic N) is 6. The Bertz CT molecular complexity index is 905. The van der Waals surface area contributed by atoms with Gasteiger partial charge in [0.1, 0.15) is 0 Å². The number of carbonyl (C=O) groups is 1. The topological polar surface area (TPSA) is 79.2 Å². The van der Waals surface area contributed by atoms with E-state index in [0.717, 1.165) is 31.0 Å². The van der Waals surface area contributed by atoms with Crippen molar-refractivity contribution in [2.24, 2.45) is 0 Å². The molecule has 1 saturated heterocycles. The molecule has 3 aromatic rings. The number of amides is 2. The summed E-state index contributed by atoms with van der Waals surface area (Å²) in [5, 5.41) is 15.1. The van der Waals surface area contributed by atoms with Gasteiger partial charge in [-0.3, -0.25) is 4.90 Å². The van der Waals surface area contributed by atoms with Crippen LogP contribution in [0, 0.1) is 0 Å². The number of hydrogen-bond donors (Lipinski definition) is 1. The van der Waals surface area contributed by atoms with Crippen LogP contribution in [0.2, 0.25) is 0 Å². The molecule has 1 aliphatic rings. The molecule has 0 aliphatic carbocycles. The highest BCUT2D eigenvalue weighted by atomic mass is 16.2. The normalized spacial score (nSPS) is 14.7. The molecule has 0 unspecified atom stereocenters. The van der Waals surface area contributed by atoms with Crippen LogP contribution in [-0.2, 0) is 13.0 Å². The summed E-state index contributed by atoms with van der Waals surface area (Å²) in [5.74, 6) is 0.803. The molecule has 2 heterocycles. The second kappa shape index (κ2) is 9.29. The van der Waals surface area contributed by atoms with Crippen molar-refractivity contribution < 1.29 is 4.79 Å². The SMILES string of the molecule is O=C(NCCc1ccccc1)N1CCN(Cc2nnnn2-c2ccccc2)CC1. The summed E-state index contributed by atoms with van der Waals surface area (Å²) in [4.78, 5) is 16.6. The molecule has 1 fully saturated rings. The lowest BCUT2D eigenvalue weighted by Crippen LogP contribution is -2.51. The van der Waals surface area contributed by atoms with Crippen molar-refractivity contribution >= 4 is 6.03 Å². The highest BCUT2D eigenvalue weighted by molar-refractivity contribution is 5.74. The molecular weight excluding hydrogens is 366 g/mol. The third-order valence-corrected chi connectivity index (χ3v) is 5.09. The fourth-order valence-corrected chi connectivity index (χ4v) is 3.45. The van der Waals surface area contributed by atoms with Crippen LogP contribution in [0.15, 0.2) is 60.7 Å². The lowest BCUT2D eigenvalue weighted by molar-refractivity contribution is 0.133. The number of urea groups is 1. The number of piperazine rings is 1. The second-order valence-electron chi connectivity index (χ2n) is 7.07. The quantitative estimate of drug-likeness (QED) is 0.692. The van der Waals surface area contributed by atoms with Gasteiger partial charge in [0.25, 0.3) is 0 Å². The highest BCUT2D eigenvalue weighted by Gasteiger charge is 2.22. The second-order valence-corrected chi connectivity index (χ2v) is 7.07. The summed E-state index contributed by atoms with van der Waals surface area (Å²) in [6, 6.07) is 20.1. The van der Waals surface area contributed by atoms with Crippen LogP contribution in [0.3, 0.4) is 0 Å². The van der Waals surface area contributed by atoms with E-state index in [1.165, 1.54) is 5.56 Å². The van der Waals surface area contributed by atoms with Crippen LogP contribution in [0.25, 0.3) is 5.69 Å². The predicted molar refractivity (Wildman–Crippen MR) is 110 cm³/mol. The molecule has 29 heavy (non-hydrogen) atoms. The first-order chi connectivity index (χ1) is 14.3. The minimum Gasteiger partial charge on any atom is -0.338 e. The minimum atomic E-state index is 0.00898. The van der Waals surface area contributed by atoms with E-state index in [1.54, 1.807) is 4.68 Å². The molecule has 0 radical (unpaired) electrons. The van der Waals surface area contributed by atoms with Gasteiger partial charge in [-0.25, -0.2) is 4.79 Å². The van der Waals surface area contributed by atoms with Crippen molar-refractivity contribution in [3.8, 4) is 5.69 Å². The molecule has 8 nitrogen and oxygen atoms in total. The number of tetrazole rings is 1. The number of nitrogens with one attached hydrogen (secondary N) is 1. The van der Waals surface area contributed by atoms with Gasteiger partial charge in [0.05, 0.1) is 12.2 Å². The minimum absolute atomic E-state index is 0.00898. The van der Waals surface area contributed by atoms with Crippen molar-refractivity contribution in [2.75, 3.05) is 32.7 Å². The van der Waals surface area contributed by atoms with E-state index < -0.39 is 0 Å². The summed E-state index contributed by atoms with van der Waals surface area (Å²) in [7, 11) is 0. The molecule has 150 valence electrons. The standard InChI is InChI=1S/C21H25N7O/c29-21(22-12-11-18-7-3-1-4-8-18)27-15-13-26(14-16-27)17-20-23-24-25-28(20)19-9-5-2-6-10-19/h1-10H,11-17H2,(H,22,29). The average molecular weight is 391 g/mol. The van der Waals surface area contributed by atoms with Gasteiger partial charge in [0.15, 0.2) is 5.82 Å². The van der Waals surface area contributed by atoms with Crippen LogP contribution < -0.4 is 5.32 Å². The van der Waals surface area contributed by atoms with Crippen molar-refractivity contribution in [3.63, 3.8) is 0 Å². The Morgan fingerprint density at radius 2 is 1.62 bits per heavy atom. The zero-order chi connectivity index (χ0) is 19.9. The van der Waals surface area contributed by atoms with E-state index in [2.05, 4.69) is 37.9 Å². The van der Waals surface area contributed by atoms with Gasteiger partial charge in [0.2, 0.25) is 0 Å². The lowest BCUT2D eigenvalue weighted by atomic mass is 10.1. The number of para-hydroxylation sites is 1. The van der Waals surface area contributed by atoms with Gasteiger partial charge in [0, 0.05) is 32.7 Å². The van der Waals surface area contributed by atoms with Crippen molar-refractivity contribution in [2.45, 2.75) is 13.0 Å². The Kier molecular flexibility index (Phi) is 6.11. The molecule has 1 aromatic heterocycles. The van der Waals surface area contributed by atoms with E-state index in [4.69, 9.17) is 0 Å². The maximum Gasteiger partial charge on any atom is 0.317 e. The largest absolute Gasteiger partial charge is 0.338 e. The summed E-state index contributed by atoms with van der Waals surface area (Å²) in [6.45, 7) is 4.30. The summed E-state index contributed by atoms with van der Waals surface area (Å²) < 4.78 is 1.77. The molecule has 2 amide bonds. The Balaban J connectivity index is 1.24. The summed E-state index contributed by atoms with van der Waals surface area (Å²) in [5.41, 5.74) is 2.18. The summed E-state index contributed by atoms with van der Waals surface area (Å²) in [6.07, 6.45) is 0.842. The number of rotatable bonds is 6. The van der Waals surface area contributed by atoms with Crippen LogP contribution in [0.1, 0.15) is 11.4 Å². The van der Waals surface area contributed by atoms with Crippen molar-refractivity contribution in [1.82, 2.24) is 35.3 Å². The molecular formula is C21H25N7O. The van der Waals surface area contributed by atoms with Crippen LogP contribution >= 0.6 is 0 Å². The van der Waals surface area contributed by atoms with Gasteiger partial charge in [-0.05, 0) is 34.5 Å². The molecule has 0 saturated carbocycles. The molecule has 1 N–H and O–H groups in total. The van der Waals surface area contributed by atoms with Gasteiger partial charge in [-0.1, -0.05) is 48.5 Å². The Labute approximate surface area is 170 Å². The first kappa shape index (κ1) is 19.1.